The summed E-state index contributed by atoms with van der Waals surface area (Å²) in [6.45, 7) is 3.44. The van der Waals surface area contributed by atoms with Gasteiger partial charge in [-0.2, -0.15) is 5.26 Å². The molecule has 4 nitrogen and oxygen atoms in total. The molecule has 4 heteroatoms. The quantitative estimate of drug-likeness (QED) is 0.891. The summed E-state index contributed by atoms with van der Waals surface area (Å²) in [6, 6.07) is 15.1. The van der Waals surface area contributed by atoms with E-state index in [0.29, 0.717) is 11.3 Å². The monoisotopic (exact) mass is 265 g/mol. The van der Waals surface area contributed by atoms with E-state index >= 15 is 0 Å². The fraction of sp³-hybridized carbons (Fsp3) is 0.125. The summed E-state index contributed by atoms with van der Waals surface area (Å²) < 4.78 is 0. The molecule has 20 heavy (non-hydrogen) atoms. The Balaban J connectivity index is 2.28. The van der Waals surface area contributed by atoms with Crippen LogP contribution in [0.4, 0.5) is 17.1 Å². The van der Waals surface area contributed by atoms with Gasteiger partial charge in [-0.15, -0.1) is 0 Å². The van der Waals surface area contributed by atoms with Gasteiger partial charge in [0.1, 0.15) is 6.07 Å². The van der Waals surface area contributed by atoms with E-state index in [0.717, 1.165) is 16.9 Å². The van der Waals surface area contributed by atoms with Gasteiger partial charge in [-0.3, -0.25) is 4.79 Å². The second-order valence-corrected chi connectivity index (χ2v) is 4.55. The molecule has 2 aromatic carbocycles. The highest BCUT2D eigenvalue weighted by molar-refractivity contribution is 5.89. The minimum atomic E-state index is -0.115. The summed E-state index contributed by atoms with van der Waals surface area (Å²) in [7, 11) is 0. The molecule has 0 heterocycles. The topological polar surface area (TPSA) is 64.9 Å². The van der Waals surface area contributed by atoms with E-state index in [1.165, 1.54) is 6.92 Å². The molecule has 0 aromatic heterocycles. The van der Waals surface area contributed by atoms with E-state index in [-0.39, 0.29) is 5.91 Å². The Kier molecular flexibility index (Phi) is 4.02. The number of hydrogen-bond acceptors (Lipinski definition) is 3. The summed E-state index contributed by atoms with van der Waals surface area (Å²) >= 11 is 0. The van der Waals surface area contributed by atoms with Gasteiger partial charge in [0.15, 0.2) is 0 Å². The molecule has 0 atom stereocenters. The molecule has 1 amide bonds. The van der Waals surface area contributed by atoms with Crippen LogP contribution in [0.3, 0.4) is 0 Å². The predicted molar refractivity (Wildman–Crippen MR) is 79.9 cm³/mol. The number of nitrogens with one attached hydrogen (secondary N) is 2. The number of nitriles is 1. The van der Waals surface area contributed by atoms with Gasteiger partial charge in [0, 0.05) is 18.3 Å². The highest BCUT2D eigenvalue weighted by Crippen LogP contribution is 2.23. The van der Waals surface area contributed by atoms with Crippen molar-refractivity contribution in [2.75, 3.05) is 10.6 Å². The maximum Gasteiger partial charge on any atom is 0.221 e. The lowest BCUT2D eigenvalue weighted by atomic mass is 10.1. The zero-order chi connectivity index (χ0) is 14.5. The van der Waals surface area contributed by atoms with E-state index in [2.05, 4.69) is 16.7 Å². The normalized spacial score (nSPS) is 9.65. The van der Waals surface area contributed by atoms with Crippen LogP contribution in [0.15, 0.2) is 42.5 Å². The molecule has 100 valence electrons. The second kappa shape index (κ2) is 5.89. The van der Waals surface area contributed by atoms with Crippen LogP contribution in [0.1, 0.15) is 18.1 Å². The van der Waals surface area contributed by atoms with Gasteiger partial charge in [-0.25, -0.2) is 0 Å². The number of benzene rings is 2. The molecule has 0 saturated carbocycles. The minimum Gasteiger partial charge on any atom is -0.354 e. The predicted octanol–water partition coefficient (Wildman–Crippen LogP) is 3.57. The third-order valence-corrected chi connectivity index (χ3v) is 2.76. The van der Waals surface area contributed by atoms with Gasteiger partial charge >= 0.3 is 0 Å². The van der Waals surface area contributed by atoms with Crippen molar-refractivity contribution in [2.45, 2.75) is 13.8 Å². The number of rotatable bonds is 3. The molecule has 0 unspecified atom stereocenters. The summed E-state index contributed by atoms with van der Waals surface area (Å²) in [4.78, 5) is 11.1. The molecule has 0 bridgehead atoms. The Bertz CT molecular complexity index is 686. The van der Waals surface area contributed by atoms with E-state index in [9.17, 15) is 4.79 Å². The maximum absolute atomic E-state index is 11.1. The molecule has 0 aliphatic heterocycles. The molecule has 2 rings (SSSR count). The second-order valence-electron chi connectivity index (χ2n) is 4.55. The Morgan fingerprint density at radius 3 is 2.60 bits per heavy atom. The van der Waals surface area contributed by atoms with E-state index in [1.807, 2.05) is 43.3 Å². The first-order chi connectivity index (χ1) is 9.58. The Labute approximate surface area is 118 Å². The Morgan fingerprint density at radius 2 is 1.90 bits per heavy atom. The average Bonchev–Trinajstić information content (AvgIpc) is 2.38. The van der Waals surface area contributed by atoms with Gasteiger partial charge in [0.05, 0.1) is 11.3 Å². The molecule has 0 fully saturated rings. The van der Waals surface area contributed by atoms with Crippen LogP contribution in [0.5, 0.6) is 0 Å². The van der Waals surface area contributed by atoms with Crippen LogP contribution >= 0.6 is 0 Å². The van der Waals surface area contributed by atoms with Gasteiger partial charge < -0.3 is 10.6 Å². The van der Waals surface area contributed by atoms with Gasteiger partial charge in [-0.05, 0) is 42.8 Å². The lowest BCUT2D eigenvalue weighted by Gasteiger charge is -2.10. The van der Waals surface area contributed by atoms with Crippen LogP contribution in [0.25, 0.3) is 0 Å². The molecular formula is C16H15N3O. The highest BCUT2D eigenvalue weighted by atomic mass is 16.1. The molecule has 0 aliphatic carbocycles. The largest absolute Gasteiger partial charge is 0.354 e. The third kappa shape index (κ3) is 3.36. The lowest BCUT2D eigenvalue weighted by molar-refractivity contribution is -0.114. The average molecular weight is 265 g/mol. The molecule has 0 spiro atoms. The van der Waals surface area contributed by atoms with Crippen LogP contribution in [0.2, 0.25) is 0 Å². The van der Waals surface area contributed by atoms with Gasteiger partial charge in [0.2, 0.25) is 5.91 Å². The molecule has 2 aromatic rings. The molecule has 2 N–H and O–H groups in total. The summed E-state index contributed by atoms with van der Waals surface area (Å²) in [5.74, 6) is -0.115. The van der Waals surface area contributed by atoms with Crippen molar-refractivity contribution in [3.63, 3.8) is 0 Å². The first-order valence-electron chi connectivity index (χ1n) is 6.24. The summed E-state index contributed by atoms with van der Waals surface area (Å²) in [5, 5.41) is 15.0. The zero-order valence-corrected chi connectivity index (χ0v) is 11.4. The standard InChI is InChI=1S/C16H15N3O/c1-11-6-7-13(10-17)16(8-11)19-15-5-3-4-14(9-15)18-12(2)20/h3-9,19H,1-2H3,(H,18,20). The van der Waals surface area contributed by atoms with E-state index in [1.54, 1.807) is 6.07 Å². The van der Waals surface area contributed by atoms with Crippen molar-refractivity contribution < 1.29 is 4.79 Å². The highest BCUT2D eigenvalue weighted by Gasteiger charge is 2.04. The van der Waals surface area contributed by atoms with Crippen LogP contribution in [-0.4, -0.2) is 5.91 Å². The van der Waals surface area contributed by atoms with Crippen molar-refractivity contribution in [1.29, 1.82) is 5.26 Å². The third-order valence-electron chi connectivity index (χ3n) is 2.76. The number of carbonyl (C=O) groups excluding carboxylic acids is 1. The smallest absolute Gasteiger partial charge is 0.221 e. The fourth-order valence-electron chi connectivity index (χ4n) is 1.89. The first kappa shape index (κ1) is 13.6. The van der Waals surface area contributed by atoms with Crippen molar-refractivity contribution in [2.24, 2.45) is 0 Å². The number of nitrogens with zero attached hydrogens (tertiary/aromatic N) is 1. The van der Waals surface area contributed by atoms with Crippen molar-refractivity contribution in [1.82, 2.24) is 0 Å². The van der Waals surface area contributed by atoms with Crippen LogP contribution in [0, 0.1) is 18.3 Å². The van der Waals surface area contributed by atoms with E-state index in [4.69, 9.17) is 5.26 Å². The maximum atomic E-state index is 11.1. The van der Waals surface area contributed by atoms with Crippen molar-refractivity contribution >= 4 is 23.0 Å². The van der Waals surface area contributed by atoms with Gasteiger partial charge in [0.25, 0.3) is 0 Å². The molecular weight excluding hydrogens is 250 g/mol. The molecule has 0 aliphatic rings. The van der Waals surface area contributed by atoms with E-state index < -0.39 is 0 Å². The Hall–Kier alpha value is -2.80. The number of amides is 1. The summed E-state index contributed by atoms with van der Waals surface area (Å²) in [5.41, 5.74) is 3.95. The number of aryl methyl sites for hydroxylation is 1. The van der Waals surface area contributed by atoms with Crippen molar-refractivity contribution in [3.8, 4) is 6.07 Å². The van der Waals surface area contributed by atoms with Crippen LogP contribution in [-0.2, 0) is 4.79 Å². The summed E-state index contributed by atoms with van der Waals surface area (Å²) in [6.07, 6.45) is 0. The molecule has 0 radical (unpaired) electrons. The number of anilines is 3. The fourth-order valence-corrected chi connectivity index (χ4v) is 1.89. The minimum absolute atomic E-state index is 0.115. The molecule has 0 saturated heterocycles. The van der Waals surface area contributed by atoms with Gasteiger partial charge in [-0.1, -0.05) is 12.1 Å². The zero-order valence-electron chi connectivity index (χ0n) is 11.4. The Morgan fingerprint density at radius 1 is 1.15 bits per heavy atom. The SMILES string of the molecule is CC(=O)Nc1cccc(Nc2cc(C)ccc2C#N)c1. The lowest BCUT2D eigenvalue weighted by Crippen LogP contribution is -2.05. The number of hydrogen-bond donors (Lipinski definition) is 2. The first-order valence-corrected chi connectivity index (χ1v) is 6.24. The van der Waals surface area contributed by atoms with Crippen LogP contribution < -0.4 is 10.6 Å². The van der Waals surface area contributed by atoms with Crippen molar-refractivity contribution in [3.05, 3.63) is 53.6 Å². The number of carbonyl (C=O) groups is 1.